The third-order valence-corrected chi connectivity index (χ3v) is 5.41. The second kappa shape index (κ2) is 6.41. The first-order valence-electron chi connectivity index (χ1n) is 6.53. The number of thiocarbonyl (C=S) groups is 1. The second-order valence-electron chi connectivity index (χ2n) is 5.06. The third-order valence-electron chi connectivity index (χ3n) is 3.73. The normalized spacial score (nSPS) is 17.5. The molecule has 0 heterocycles. The highest BCUT2D eigenvalue weighted by atomic mass is 79.9. The molecule has 0 spiro atoms. The van der Waals surface area contributed by atoms with Gasteiger partial charge >= 0.3 is 0 Å². The molecule has 3 N–H and O–H groups in total. The quantitative estimate of drug-likeness (QED) is 0.790. The van der Waals surface area contributed by atoms with Crippen LogP contribution in [0.2, 0.25) is 5.02 Å². The summed E-state index contributed by atoms with van der Waals surface area (Å²) in [6.07, 6.45) is 4.77. The van der Waals surface area contributed by atoms with Gasteiger partial charge in [-0.05, 0) is 40.9 Å². The summed E-state index contributed by atoms with van der Waals surface area (Å²) in [5.41, 5.74) is 5.73. The number of carbonyl (C=O) groups is 1. The Kier molecular flexibility index (Phi) is 5.04. The van der Waals surface area contributed by atoms with Crippen molar-refractivity contribution in [3.63, 3.8) is 0 Å². The molecule has 1 aliphatic carbocycles. The molecule has 20 heavy (non-hydrogen) atoms. The summed E-state index contributed by atoms with van der Waals surface area (Å²) in [7, 11) is 0. The zero-order valence-corrected chi connectivity index (χ0v) is 14.1. The average Bonchev–Trinajstić information content (AvgIpc) is 2.42. The van der Waals surface area contributed by atoms with E-state index in [9.17, 15) is 4.79 Å². The lowest BCUT2D eigenvalue weighted by molar-refractivity contribution is 0.0908. The molecule has 108 valence electrons. The molecule has 0 saturated heterocycles. The summed E-state index contributed by atoms with van der Waals surface area (Å²) in [5, 5.41) is 3.41. The van der Waals surface area contributed by atoms with Gasteiger partial charge < -0.3 is 11.1 Å². The molecule has 0 bridgehead atoms. The Bertz CT molecular complexity index is 544. The number of rotatable bonds is 3. The second-order valence-corrected chi connectivity index (χ2v) is 6.73. The lowest BCUT2D eigenvalue weighted by Gasteiger charge is -2.37. The number of nitrogens with one attached hydrogen (secondary N) is 1. The van der Waals surface area contributed by atoms with E-state index in [1.807, 2.05) is 0 Å². The Balaban J connectivity index is 2.25. The van der Waals surface area contributed by atoms with Gasteiger partial charge in [0, 0.05) is 4.47 Å². The predicted octanol–water partition coefficient (Wildman–Crippen LogP) is 3.82. The minimum Gasteiger partial charge on any atom is -0.391 e. The molecular weight excluding hydrogens is 360 g/mol. The summed E-state index contributed by atoms with van der Waals surface area (Å²) in [4.78, 5) is 12.8. The molecule has 1 aromatic carbocycles. The van der Waals surface area contributed by atoms with Crippen molar-refractivity contribution in [3.8, 4) is 0 Å². The molecule has 1 saturated carbocycles. The fourth-order valence-corrected chi connectivity index (χ4v) is 3.39. The van der Waals surface area contributed by atoms with Crippen molar-refractivity contribution < 1.29 is 4.79 Å². The van der Waals surface area contributed by atoms with Crippen molar-refractivity contribution in [1.82, 2.24) is 5.32 Å². The number of nitrogens with two attached hydrogens (primary N) is 1. The van der Waals surface area contributed by atoms with E-state index >= 15 is 0 Å². The lowest BCUT2D eigenvalue weighted by atomic mass is 9.81. The molecule has 2 rings (SSSR count). The smallest absolute Gasteiger partial charge is 0.253 e. The van der Waals surface area contributed by atoms with Crippen molar-refractivity contribution >= 4 is 50.6 Å². The van der Waals surface area contributed by atoms with Gasteiger partial charge in [0.1, 0.15) is 0 Å². The van der Waals surface area contributed by atoms with Gasteiger partial charge in [0.05, 0.1) is 21.1 Å². The number of hydrogen-bond donors (Lipinski definition) is 2. The van der Waals surface area contributed by atoms with Crippen LogP contribution in [0.3, 0.4) is 0 Å². The molecule has 1 aromatic rings. The zero-order chi connectivity index (χ0) is 14.8. The Hall–Kier alpha value is -0.650. The van der Waals surface area contributed by atoms with Crippen molar-refractivity contribution in [2.45, 2.75) is 37.6 Å². The van der Waals surface area contributed by atoms with Gasteiger partial charge in [-0.1, -0.05) is 49.1 Å². The van der Waals surface area contributed by atoms with E-state index < -0.39 is 5.54 Å². The van der Waals surface area contributed by atoms with Crippen LogP contribution in [0.4, 0.5) is 0 Å². The minimum atomic E-state index is -0.573. The van der Waals surface area contributed by atoms with E-state index in [1.54, 1.807) is 18.2 Å². The van der Waals surface area contributed by atoms with E-state index in [0.29, 0.717) is 20.0 Å². The molecule has 0 aromatic heterocycles. The van der Waals surface area contributed by atoms with E-state index in [0.717, 1.165) is 32.1 Å². The minimum absolute atomic E-state index is 0.231. The fourth-order valence-electron chi connectivity index (χ4n) is 2.55. The standard InChI is InChI=1S/C14H16BrClN2OS/c15-10-6-4-5-9(11(10)16)12(19)18-14(13(17)20)7-2-1-3-8-14/h4-6H,1-3,7-8H2,(H2,17,20)(H,18,19). The molecule has 1 aliphatic rings. The van der Waals surface area contributed by atoms with Crippen LogP contribution in [-0.2, 0) is 0 Å². The van der Waals surface area contributed by atoms with Crippen LogP contribution in [0.5, 0.6) is 0 Å². The molecule has 0 unspecified atom stereocenters. The zero-order valence-electron chi connectivity index (χ0n) is 10.9. The van der Waals surface area contributed by atoms with Crippen molar-refractivity contribution in [2.75, 3.05) is 0 Å². The van der Waals surface area contributed by atoms with E-state index in [-0.39, 0.29) is 5.91 Å². The molecule has 6 heteroatoms. The summed E-state index contributed by atoms with van der Waals surface area (Å²) in [6, 6.07) is 5.26. The van der Waals surface area contributed by atoms with Gasteiger partial charge in [-0.3, -0.25) is 4.79 Å². The first-order chi connectivity index (χ1) is 9.46. The predicted molar refractivity (Wildman–Crippen MR) is 89.2 cm³/mol. The highest BCUT2D eigenvalue weighted by Gasteiger charge is 2.37. The Labute approximate surface area is 137 Å². The van der Waals surface area contributed by atoms with Crippen LogP contribution in [0.25, 0.3) is 0 Å². The molecule has 0 radical (unpaired) electrons. The SMILES string of the molecule is NC(=S)C1(NC(=O)c2cccc(Br)c2Cl)CCCCC1. The first-order valence-corrected chi connectivity index (χ1v) is 8.11. The van der Waals surface area contributed by atoms with E-state index in [2.05, 4.69) is 21.2 Å². The van der Waals surface area contributed by atoms with Crippen LogP contribution < -0.4 is 11.1 Å². The monoisotopic (exact) mass is 374 g/mol. The van der Waals surface area contributed by atoms with Crippen molar-refractivity contribution in [3.05, 3.63) is 33.3 Å². The highest BCUT2D eigenvalue weighted by Crippen LogP contribution is 2.31. The molecule has 3 nitrogen and oxygen atoms in total. The molecule has 0 aliphatic heterocycles. The fraction of sp³-hybridized carbons (Fsp3) is 0.429. The van der Waals surface area contributed by atoms with Gasteiger partial charge in [-0.2, -0.15) is 0 Å². The molecule has 0 atom stereocenters. The molecular formula is C14H16BrClN2OS. The van der Waals surface area contributed by atoms with Gasteiger partial charge in [0.25, 0.3) is 5.91 Å². The molecule has 1 amide bonds. The van der Waals surface area contributed by atoms with Crippen LogP contribution >= 0.6 is 39.7 Å². The Morgan fingerprint density at radius 1 is 1.35 bits per heavy atom. The Morgan fingerprint density at radius 3 is 2.60 bits per heavy atom. The van der Waals surface area contributed by atoms with Crippen LogP contribution in [0, 0.1) is 0 Å². The van der Waals surface area contributed by atoms with Crippen LogP contribution in [-0.4, -0.2) is 16.4 Å². The van der Waals surface area contributed by atoms with Gasteiger partial charge in [0.15, 0.2) is 0 Å². The number of carbonyl (C=O) groups excluding carboxylic acids is 1. The number of amides is 1. The van der Waals surface area contributed by atoms with E-state index in [1.165, 1.54) is 0 Å². The number of halogens is 2. The van der Waals surface area contributed by atoms with Crippen molar-refractivity contribution in [1.29, 1.82) is 0 Å². The van der Waals surface area contributed by atoms with Crippen LogP contribution in [0.1, 0.15) is 42.5 Å². The van der Waals surface area contributed by atoms with E-state index in [4.69, 9.17) is 29.6 Å². The summed E-state index contributed by atoms with van der Waals surface area (Å²) in [6.45, 7) is 0. The largest absolute Gasteiger partial charge is 0.391 e. The maximum Gasteiger partial charge on any atom is 0.253 e. The number of benzene rings is 1. The van der Waals surface area contributed by atoms with Crippen LogP contribution in [0.15, 0.2) is 22.7 Å². The number of hydrogen-bond acceptors (Lipinski definition) is 2. The van der Waals surface area contributed by atoms with Gasteiger partial charge in [0.2, 0.25) is 0 Å². The third kappa shape index (κ3) is 3.15. The Morgan fingerprint density at radius 2 is 2.00 bits per heavy atom. The summed E-state index contributed by atoms with van der Waals surface area (Å²) >= 11 is 14.7. The molecule has 1 fully saturated rings. The highest BCUT2D eigenvalue weighted by molar-refractivity contribution is 9.10. The maximum atomic E-state index is 12.5. The topological polar surface area (TPSA) is 55.1 Å². The van der Waals surface area contributed by atoms with Gasteiger partial charge in [-0.15, -0.1) is 0 Å². The van der Waals surface area contributed by atoms with Gasteiger partial charge in [-0.25, -0.2) is 0 Å². The average molecular weight is 376 g/mol. The summed E-state index contributed by atoms with van der Waals surface area (Å²) < 4.78 is 0.694. The summed E-state index contributed by atoms with van der Waals surface area (Å²) in [5.74, 6) is -0.231. The maximum absolute atomic E-state index is 12.5. The van der Waals surface area contributed by atoms with Crippen molar-refractivity contribution in [2.24, 2.45) is 5.73 Å². The first kappa shape index (κ1) is 15.7. The lowest BCUT2D eigenvalue weighted by Crippen LogP contribution is -2.57.